The van der Waals surface area contributed by atoms with Gasteiger partial charge in [-0.15, -0.1) is 0 Å². The summed E-state index contributed by atoms with van der Waals surface area (Å²) in [7, 11) is 0. The van der Waals surface area contributed by atoms with Gasteiger partial charge in [-0.1, -0.05) is 48.5 Å². The van der Waals surface area contributed by atoms with Crippen molar-refractivity contribution in [2.45, 2.75) is 25.6 Å². The zero-order valence-electron chi connectivity index (χ0n) is 16.1. The molecule has 4 rings (SSSR count). The summed E-state index contributed by atoms with van der Waals surface area (Å²) in [6.07, 6.45) is 2.54. The Hall–Kier alpha value is -2.37. The van der Waals surface area contributed by atoms with Gasteiger partial charge in [0.2, 0.25) is 0 Å². The zero-order valence-corrected chi connectivity index (χ0v) is 16.1. The molecule has 28 heavy (non-hydrogen) atoms. The zero-order chi connectivity index (χ0) is 19.2. The Morgan fingerprint density at radius 3 is 2.39 bits per heavy atom. The van der Waals surface area contributed by atoms with Crippen LogP contribution in [-0.2, 0) is 20.7 Å². The lowest BCUT2D eigenvalue weighted by molar-refractivity contribution is -0.138. The normalized spacial score (nSPS) is 18.4. The average Bonchev–Trinajstić information content (AvgIpc) is 3.29. The number of piperidine rings is 1. The van der Waals surface area contributed by atoms with E-state index in [4.69, 9.17) is 14.2 Å². The summed E-state index contributed by atoms with van der Waals surface area (Å²) in [5.41, 5.74) is 2.32. The fourth-order valence-electron chi connectivity index (χ4n) is 3.91. The number of nitrogens with zero attached hydrogens (tertiary/aromatic N) is 1. The van der Waals surface area contributed by atoms with E-state index in [1.54, 1.807) is 0 Å². The van der Waals surface area contributed by atoms with Gasteiger partial charge in [-0.05, 0) is 30.0 Å². The van der Waals surface area contributed by atoms with Crippen LogP contribution < -0.4 is 4.74 Å². The third-order valence-electron chi connectivity index (χ3n) is 5.49. The molecule has 2 fully saturated rings. The highest BCUT2D eigenvalue weighted by Crippen LogP contribution is 2.26. The molecular formula is C23H27NO4. The molecule has 0 spiro atoms. The van der Waals surface area contributed by atoms with Gasteiger partial charge in [0.05, 0.1) is 13.2 Å². The van der Waals surface area contributed by atoms with Crippen LogP contribution in [0.3, 0.4) is 0 Å². The molecule has 0 aliphatic carbocycles. The maximum absolute atomic E-state index is 12.6. The van der Waals surface area contributed by atoms with Crippen molar-refractivity contribution in [2.75, 3.05) is 32.9 Å². The summed E-state index contributed by atoms with van der Waals surface area (Å²) in [4.78, 5) is 14.5. The molecule has 0 bridgehead atoms. The maximum Gasteiger partial charge on any atom is 0.260 e. The van der Waals surface area contributed by atoms with Crippen LogP contribution in [0.4, 0.5) is 0 Å². The highest BCUT2D eigenvalue weighted by atomic mass is 16.7. The molecular weight excluding hydrogens is 354 g/mol. The lowest BCUT2D eigenvalue weighted by atomic mass is 9.96. The minimum atomic E-state index is -0.0848. The smallest absolute Gasteiger partial charge is 0.260 e. The van der Waals surface area contributed by atoms with E-state index in [9.17, 15) is 4.79 Å². The first kappa shape index (κ1) is 19.0. The molecule has 0 atom stereocenters. The highest BCUT2D eigenvalue weighted by molar-refractivity contribution is 5.77. The Labute approximate surface area is 166 Å². The van der Waals surface area contributed by atoms with E-state index in [2.05, 4.69) is 18.2 Å². The second kappa shape index (κ2) is 9.22. The van der Waals surface area contributed by atoms with Crippen LogP contribution in [0.5, 0.6) is 5.75 Å². The van der Waals surface area contributed by atoms with Crippen LogP contribution in [0.2, 0.25) is 0 Å². The van der Waals surface area contributed by atoms with E-state index < -0.39 is 0 Å². The Kier molecular flexibility index (Phi) is 6.24. The average molecular weight is 381 g/mol. The SMILES string of the molecule is O=C(COc1ccccc1Cc1ccccc1)N1CCC(C2OCCO2)CC1. The van der Waals surface area contributed by atoms with Gasteiger partial charge >= 0.3 is 0 Å². The van der Waals surface area contributed by atoms with Gasteiger partial charge in [-0.25, -0.2) is 0 Å². The number of likely N-dealkylation sites (tertiary alicyclic amines) is 1. The quantitative estimate of drug-likeness (QED) is 0.771. The predicted molar refractivity (Wildman–Crippen MR) is 106 cm³/mol. The Balaban J connectivity index is 1.29. The van der Waals surface area contributed by atoms with Gasteiger partial charge in [0, 0.05) is 25.4 Å². The number of benzene rings is 2. The second-order valence-electron chi connectivity index (χ2n) is 7.39. The van der Waals surface area contributed by atoms with Gasteiger partial charge in [0.15, 0.2) is 12.9 Å². The molecule has 1 amide bonds. The van der Waals surface area contributed by atoms with Crippen LogP contribution in [-0.4, -0.2) is 50.0 Å². The number of carbonyl (C=O) groups is 1. The number of amides is 1. The third-order valence-corrected chi connectivity index (χ3v) is 5.49. The molecule has 0 aromatic heterocycles. The number of hydrogen-bond acceptors (Lipinski definition) is 4. The lowest BCUT2D eigenvalue weighted by Gasteiger charge is -2.33. The van der Waals surface area contributed by atoms with Crippen LogP contribution in [0.15, 0.2) is 54.6 Å². The summed E-state index contributed by atoms with van der Waals surface area (Å²) >= 11 is 0. The molecule has 2 aliphatic heterocycles. The number of hydrogen-bond donors (Lipinski definition) is 0. The first-order valence-corrected chi connectivity index (χ1v) is 10.1. The molecule has 2 aliphatic rings. The van der Waals surface area contributed by atoms with Crippen molar-refractivity contribution in [1.29, 1.82) is 0 Å². The standard InChI is InChI=1S/C23H27NO4/c25-22(24-12-10-19(11-13-24)23-26-14-15-27-23)17-28-21-9-5-4-8-20(21)16-18-6-2-1-3-7-18/h1-9,19,23H,10-17H2. The number of para-hydroxylation sites is 1. The summed E-state index contributed by atoms with van der Waals surface area (Å²) in [6, 6.07) is 18.2. The number of ether oxygens (including phenoxy) is 3. The number of rotatable bonds is 6. The molecule has 148 valence electrons. The molecule has 0 N–H and O–H groups in total. The van der Waals surface area contributed by atoms with E-state index in [0.29, 0.717) is 19.1 Å². The van der Waals surface area contributed by atoms with Gasteiger partial charge in [0.1, 0.15) is 5.75 Å². The maximum atomic E-state index is 12.6. The largest absolute Gasteiger partial charge is 0.483 e. The van der Waals surface area contributed by atoms with E-state index in [-0.39, 0.29) is 18.8 Å². The first-order valence-electron chi connectivity index (χ1n) is 10.1. The second-order valence-corrected chi connectivity index (χ2v) is 7.39. The minimum Gasteiger partial charge on any atom is -0.483 e. The Morgan fingerprint density at radius 1 is 0.964 bits per heavy atom. The molecule has 0 radical (unpaired) electrons. The van der Waals surface area contributed by atoms with Crippen molar-refractivity contribution in [3.63, 3.8) is 0 Å². The van der Waals surface area contributed by atoms with Crippen LogP contribution in [0.1, 0.15) is 24.0 Å². The molecule has 2 saturated heterocycles. The van der Waals surface area contributed by atoms with Gasteiger partial charge in [-0.3, -0.25) is 4.79 Å². The van der Waals surface area contributed by atoms with Crippen LogP contribution in [0, 0.1) is 5.92 Å². The van der Waals surface area contributed by atoms with Crippen molar-refractivity contribution < 1.29 is 19.0 Å². The molecule has 0 saturated carbocycles. The van der Waals surface area contributed by atoms with Crippen molar-refractivity contribution in [1.82, 2.24) is 4.90 Å². The first-order chi connectivity index (χ1) is 13.8. The Bertz CT molecular complexity index is 765. The van der Waals surface area contributed by atoms with Crippen molar-refractivity contribution in [2.24, 2.45) is 5.92 Å². The summed E-state index contributed by atoms with van der Waals surface area (Å²) in [5, 5.41) is 0. The molecule has 5 nitrogen and oxygen atoms in total. The summed E-state index contributed by atoms with van der Waals surface area (Å²) < 4.78 is 17.1. The highest BCUT2D eigenvalue weighted by Gasteiger charge is 2.31. The van der Waals surface area contributed by atoms with Gasteiger partial charge in [-0.2, -0.15) is 0 Å². The topological polar surface area (TPSA) is 48.0 Å². The van der Waals surface area contributed by atoms with Crippen molar-refractivity contribution in [3.8, 4) is 5.75 Å². The molecule has 0 unspecified atom stereocenters. The fraction of sp³-hybridized carbons (Fsp3) is 0.435. The molecule has 2 aromatic carbocycles. The van der Waals surface area contributed by atoms with E-state index >= 15 is 0 Å². The van der Waals surface area contributed by atoms with Crippen LogP contribution in [0.25, 0.3) is 0 Å². The lowest BCUT2D eigenvalue weighted by Crippen LogP contribution is -2.43. The van der Waals surface area contributed by atoms with E-state index in [0.717, 1.165) is 43.7 Å². The fourth-order valence-corrected chi connectivity index (χ4v) is 3.91. The minimum absolute atomic E-state index is 0.0428. The van der Waals surface area contributed by atoms with E-state index in [1.165, 1.54) is 5.56 Å². The van der Waals surface area contributed by atoms with Crippen LogP contribution >= 0.6 is 0 Å². The third kappa shape index (κ3) is 4.72. The summed E-state index contributed by atoms with van der Waals surface area (Å²) in [6.45, 7) is 2.91. The van der Waals surface area contributed by atoms with Crippen molar-refractivity contribution in [3.05, 3.63) is 65.7 Å². The van der Waals surface area contributed by atoms with E-state index in [1.807, 2.05) is 41.3 Å². The van der Waals surface area contributed by atoms with Gasteiger partial charge in [0.25, 0.3) is 5.91 Å². The Morgan fingerprint density at radius 2 is 1.64 bits per heavy atom. The summed E-state index contributed by atoms with van der Waals surface area (Å²) in [5.74, 6) is 1.21. The molecule has 2 heterocycles. The monoisotopic (exact) mass is 381 g/mol. The number of carbonyl (C=O) groups excluding carboxylic acids is 1. The van der Waals surface area contributed by atoms with Crippen molar-refractivity contribution >= 4 is 5.91 Å². The molecule has 5 heteroatoms. The van der Waals surface area contributed by atoms with Gasteiger partial charge < -0.3 is 19.1 Å². The predicted octanol–water partition coefficient (Wildman–Crippen LogP) is 3.27. The molecule has 2 aromatic rings.